The molecule has 0 bridgehead atoms. The van der Waals surface area contributed by atoms with E-state index in [4.69, 9.17) is 5.11 Å². The van der Waals surface area contributed by atoms with Gasteiger partial charge in [0.05, 0.1) is 0 Å². The number of carboxylic acids is 1. The minimum Gasteiger partial charge on any atom is -0.479 e. The van der Waals surface area contributed by atoms with Gasteiger partial charge in [-0.05, 0) is 29.5 Å². The van der Waals surface area contributed by atoms with Crippen LogP contribution in [0.15, 0.2) is 18.2 Å². The molecule has 0 fully saturated rings. The summed E-state index contributed by atoms with van der Waals surface area (Å²) < 4.78 is 0. The van der Waals surface area contributed by atoms with Crippen molar-refractivity contribution in [2.45, 2.75) is 24.3 Å². The highest BCUT2D eigenvalue weighted by Gasteiger charge is 2.19. The lowest BCUT2D eigenvalue weighted by Gasteiger charge is -2.12. The number of hydrogen-bond acceptors (Lipinski definition) is 2. The molecule has 17 heavy (non-hydrogen) atoms. The molecule has 5 heteroatoms. The Hall–Kier alpha value is -0.390. The molecule has 0 radical (unpaired) electrons. The van der Waals surface area contributed by atoms with E-state index in [2.05, 4.69) is 31.9 Å². The SMILES string of the molecule is O=C(O)C(O)c1cc(CCCBr)ccc1CBr. The molecular weight excluding hydrogens is 352 g/mol. The molecule has 0 spiro atoms. The quantitative estimate of drug-likeness (QED) is 0.762. The molecule has 1 aromatic carbocycles. The summed E-state index contributed by atoms with van der Waals surface area (Å²) in [6.45, 7) is 0. The van der Waals surface area contributed by atoms with Gasteiger partial charge < -0.3 is 10.2 Å². The maximum Gasteiger partial charge on any atom is 0.337 e. The molecular formula is C12H14Br2O3. The Morgan fingerprint density at radius 2 is 2.06 bits per heavy atom. The second kappa shape index (κ2) is 7.13. The standard InChI is InChI=1S/C12H14Br2O3/c13-5-1-2-8-3-4-9(7-14)10(6-8)11(15)12(16)17/h3-4,6,11,15H,1-2,5,7H2,(H,16,17). The lowest BCUT2D eigenvalue weighted by Crippen LogP contribution is -2.12. The molecule has 0 aromatic heterocycles. The number of rotatable bonds is 6. The Bertz CT molecular complexity index is 393. The van der Waals surface area contributed by atoms with Crippen molar-refractivity contribution < 1.29 is 15.0 Å². The van der Waals surface area contributed by atoms with Crippen LogP contribution in [0.1, 0.15) is 29.2 Å². The van der Waals surface area contributed by atoms with Gasteiger partial charge in [0.25, 0.3) is 0 Å². The fraction of sp³-hybridized carbons (Fsp3) is 0.417. The van der Waals surface area contributed by atoms with Crippen LogP contribution in [0.4, 0.5) is 0 Å². The summed E-state index contributed by atoms with van der Waals surface area (Å²) in [6, 6.07) is 5.61. The van der Waals surface area contributed by atoms with Crippen molar-refractivity contribution in [2.75, 3.05) is 5.33 Å². The van der Waals surface area contributed by atoms with E-state index >= 15 is 0 Å². The van der Waals surface area contributed by atoms with Crippen LogP contribution in [0.5, 0.6) is 0 Å². The van der Waals surface area contributed by atoms with Crippen molar-refractivity contribution >= 4 is 37.8 Å². The van der Waals surface area contributed by atoms with Crippen molar-refractivity contribution in [1.82, 2.24) is 0 Å². The van der Waals surface area contributed by atoms with E-state index in [-0.39, 0.29) is 0 Å². The summed E-state index contributed by atoms with van der Waals surface area (Å²) in [5.74, 6) is -1.22. The monoisotopic (exact) mass is 364 g/mol. The second-order valence-electron chi connectivity index (χ2n) is 3.70. The zero-order valence-corrected chi connectivity index (χ0v) is 12.4. The number of halogens is 2. The molecule has 1 unspecified atom stereocenters. The largest absolute Gasteiger partial charge is 0.479 e. The number of hydrogen-bond donors (Lipinski definition) is 2. The number of alkyl halides is 2. The molecule has 1 atom stereocenters. The van der Waals surface area contributed by atoms with Crippen LogP contribution < -0.4 is 0 Å². The predicted molar refractivity (Wildman–Crippen MR) is 73.8 cm³/mol. The number of benzene rings is 1. The molecule has 0 saturated heterocycles. The smallest absolute Gasteiger partial charge is 0.337 e. The summed E-state index contributed by atoms with van der Waals surface area (Å²) in [5.41, 5.74) is 2.33. The highest BCUT2D eigenvalue weighted by molar-refractivity contribution is 9.09. The summed E-state index contributed by atoms with van der Waals surface area (Å²) in [7, 11) is 0. The number of carboxylic acid groups (broad SMARTS) is 1. The first-order valence-corrected chi connectivity index (χ1v) is 7.49. The van der Waals surface area contributed by atoms with E-state index in [9.17, 15) is 9.90 Å². The van der Waals surface area contributed by atoms with Gasteiger partial charge in [0.1, 0.15) is 0 Å². The third-order valence-electron chi connectivity index (χ3n) is 2.48. The highest BCUT2D eigenvalue weighted by atomic mass is 79.9. The van der Waals surface area contributed by atoms with Crippen LogP contribution in [0.25, 0.3) is 0 Å². The van der Waals surface area contributed by atoms with Crippen molar-refractivity contribution in [3.8, 4) is 0 Å². The van der Waals surface area contributed by atoms with Gasteiger partial charge in [0.15, 0.2) is 6.10 Å². The van der Waals surface area contributed by atoms with Crippen LogP contribution in [-0.4, -0.2) is 21.5 Å². The van der Waals surface area contributed by atoms with Gasteiger partial charge in [-0.1, -0.05) is 50.1 Å². The van der Waals surface area contributed by atoms with Crippen LogP contribution >= 0.6 is 31.9 Å². The molecule has 2 N–H and O–H groups in total. The van der Waals surface area contributed by atoms with Crippen molar-refractivity contribution in [3.63, 3.8) is 0 Å². The molecule has 0 heterocycles. The van der Waals surface area contributed by atoms with E-state index in [0.29, 0.717) is 10.9 Å². The van der Waals surface area contributed by atoms with Crippen molar-refractivity contribution in [2.24, 2.45) is 0 Å². The molecule has 0 saturated carbocycles. The Labute approximate surface area is 117 Å². The van der Waals surface area contributed by atoms with Gasteiger partial charge in [-0.3, -0.25) is 0 Å². The number of aliphatic carboxylic acids is 1. The minimum atomic E-state index is -1.45. The normalized spacial score (nSPS) is 12.4. The topological polar surface area (TPSA) is 57.5 Å². The third kappa shape index (κ3) is 4.08. The van der Waals surface area contributed by atoms with E-state index in [1.54, 1.807) is 6.07 Å². The van der Waals surface area contributed by atoms with E-state index in [1.165, 1.54) is 0 Å². The van der Waals surface area contributed by atoms with E-state index in [0.717, 1.165) is 29.3 Å². The molecule has 0 aliphatic rings. The summed E-state index contributed by atoms with van der Waals surface area (Å²) in [4.78, 5) is 10.8. The van der Waals surface area contributed by atoms with E-state index in [1.807, 2.05) is 12.1 Å². The Balaban J connectivity index is 3.01. The molecule has 94 valence electrons. The van der Waals surface area contributed by atoms with Gasteiger partial charge >= 0.3 is 5.97 Å². The number of carbonyl (C=O) groups is 1. The summed E-state index contributed by atoms with van der Waals surface area (Å²) in [6.07, 6.45) is 0.398. The predicted octanol–water partition coefficient (Wildman–Crippen LogP) is 3.03. The molecule has 0 amide bonds. The Morgan fingerprint density at radius 1 is 1.35 bits per heavy atom. The molecule has 1 rings (SSSR count). The minimum absolute atomic E-state index is 0.474. The fourth-order valence-corrected chi connectivity index (χ4v) is 2.37. The lowest BCUT2D eigenvalue weighted by molar-refractivity contribution is -0.147. The van der Waals surface area contributed by atoms with Gasteiger partial charge in [0.2, 0.25) is 0 Å². The average Bonchev–Trinajstić information content (AvgIpc) is 2.34. The maximum absolute atomic E-state index is 10.8. The van der Waals surface area contributed by atoms with Crippen molar-refractivity contribution in [1.29, 1.82) is 0 Å². The zero-order chi connectivity index (χ0) is 12.8. The molecule has 0 aliphatic heterocycles. The van der Waals surface area contributed by atoms with Gasteiger partial charge in [-0.15, -0.1) is 0 Å². The zero-order valence-electron chi connectivity index (χ0n) is 9.20. The van der Waals surface area contributed by atoms with Gasteiger partial charge in [-0.25, -0.2) is 4.79 Å². The Morgan fingerprint density at radius 3 is 2.59 bits per heavy atom. The maximum atomic E-state index is 10.8. The van der Waals surface area contributed by atoms with Crippen LogP contribution in [0.3, 0.4) is 0 Å². The Kier molecular flexibility index (Phi) is 6.16. The van der Waals surface area contributed by atoms with Gasteiger partial charge in [-0.2, -0.15) is 0 Å². The number of aryl methyl sites for hydroxylation is 1. The van der Waals surface area contributed by atoms with Gasteiger partial charge in [0, 0.05) is 10.7 Å². The molecule has 1 aromatic rings. The van der Waals surface area contributed by atoms with E-state index < -0.39 is 12.1 Å². The van der Waals surface area contributed by atoms with Crippen molar-refractivity contribution in [3.05, 3.63) is 34.9 Å². The first-order chi connectivity index (χ1) is 8.10. The number of aliphatic hydroxyl groups excluding tert-OH is 1. The van der Waals surface area contributed by atoms with Crippen LogP contribution in [0, 0.1) is 0 Å². The molecule has 3 nitrogen and oxygen atoms in total. The second-order valence-corrected chi connectivity index (χ2v) is 5.05. The number of aliphatic hydroxyl groups is 1. The summed E-state index contributed by atoms with van der Waals surface area (Å²) >= 11 is 6.65. The van der Waals surface area contributed by atoms with Crippen LogP contribution in [0.2, 0.25) is 0 Å². The van der Waals surface area contributed by atoms with Crippen LogP contribution in [-0.2, 0) is 16.5 Å². The fourth-order valence-electron chi connectivity index (χ4n) is 1.58. The first kappa shape index (κ1) is 14.7. The third-order valence-corrected chi connectivity index (χ3v) is 3.65. The summed E-state index contributed by atoms with van der Waals surface area (Å²) in [5, 5.41) is 19.9. The first-order valence-electron chi connectivity index (χ1n) is 5.24. The lowest BCUT2D eigenvalue weighted by atomic mass is 9.98. The average molecular weight is 366 g/mol. The highest BCUT2D eigenvalue weighted by Crippen LogP contribution is 2.23. The molecule has 0 aliphatic carbocycles.